The molecule has 6 rings (SSSR count). The van der Waals surface area contributed by atoms with E-state index >= 15 is 0 Å². The number of anilines is 2. The number of fused-ring (bicyclic) bond motifs is 6. The highest BCUT2D eigenvalue weighted by Crippen LogP contribution is 2.37. The SMILES string of the molecule is c1ccc2c(c1)sc1cc(Nc3ccc4sc5ccccc5c4c3)ccc12. The zero-order chi connectivity index (χ0) is 17.8. The second kappa shape index (κ2) is 5.81. The summed E-state index contributed by atoms with van der Waals surface area (Å²) in [5.41, 5.74) is 2.26. The van der Waals surface area contributed by atoms with Crippen molar-refractivity contribution >= 4 is 74.4 Å². The highest BCUT2D eigenvalue weighted by molar-refractivity contribution is 7.26. The van der Waals surface area contributed by atoms with E-state index in [9.17, 15) is 0 Å². The van der Waals surface area contributed by atoms with Crippen LogP contribution in [0.2, 0.25) is 0 Å². The molecule has 0 radical (unpaired) electrons. The molecule has 0 saturated heterocycles. The van der Waals surface area contributed by atoms with Crippen molar-refractivity contribution in [3.05, 3.63) is 84.9 Å². The van der Waals surface area contributed by atoms with Crippen LogP contribution in [0.3, 0.4) is 0 Å². The lowest BCUT2D eigenvalue weighted by Crippen LogP contribution is -1.89. The zero-order valence-corrected chi connectivity index (χ0v) is 16.0. The number of hydrogen-bond acceptors (Lipinski definition) is 3. The molecule has 4 aromatic carbocycles. The minimum absolute atomic E-state index is 1.13. The molecular formula is C24H15NS2. The fourth-order valence-corrected chi connectivity index (χ4v) is 6.01. The molecule has 27 heavy (non-hydrogen) atoms. The predicted molar refractivity (Wildman–Crippen MR) is 122 cm³/mol. The van der Waals surface area contributed by atoms with Crippen molar-refractivity contribution in [3.63, 3.8) is 0 Å². The maximum atomic E-state index is 3.60. The molecule has 0 amide bonds. The number of benzene rings is 4. The topological polar surface area (TPSA) is 12.0 Å². The molecule has 2 aromatic heterocycles. The molecule has 1 nitrogen and oxygen atoms in total. The number of hydrogen-bond donors (Lipinski definition) is 1. The largest absolute Gasteiger partial charge is 0.355 e. The van der Waals surface area contributed by atoms with Gasteiger partial charge in [0, 0.05) is 51.7 Å². The molecule has 0 atom stereocenters. The standard InChI is InChI=1S/C24H15NS2/c1-3-7-21-17(5-1)19-11-9-16(14-24(19)27-21)25-15-10-12-23-20(13-15)18-6-2-4-8-22(18)26-23/h1-14,25H. The van der Waals surface area contributed by atoms with E-state index in [1.54, 1.807) is 0 Å². The van der Waals surface area contributed by atoms with E-state index in [4.69, 9.17) is 0 Å². The van der Waals surface area contributed by atoms with Crippen LogP contribution in [0.4, 0.5) is 11.4 Å². The monoisotopic (exact) mass is 381 g/mol. The normalized spacial score (nSPS) is 11.7. The summed E-state index contributed by atoms with van der Waals surface area (Å²) in [6, 6.07) is 30.6. The van der Waals surface area contributed by atoms with Gasteiger partial charge in [-0.15, -0.1) is 22.7 Å². The molecule has 0 saturated carbocycles. The van der Waals surface area contributed by atoms with Crippen molar-refractivity contribution in [1.82, 2.24) is 0 Å². The molecule has 0 aliphatic rings. The quantitative estimate of drug-likeness (QED) is 0.319. The van der Waals surface area contributed by atoms with Crippen molar-refractivity contribution < 1.29 is 0 Å². The van der Waals surface area contributed by atoms with Gasteiger partial charge in [0.1, 0.15) is 0 Å². The number of nitrogens with one attached hydrogen (secondary N) is 1. The van der Waals surface area contributed by atoms with E-state index in [-0.39, 0.29) is 0 Å². The van der Waals surface area contributed by atoms with Gasteiger partial charge >= 0.3 is 0 Å². The van der Waals surface area contributed by atoms with Gasteiger partial charge < -0.3 is 5.32 Å². The van der Waals surface area contributed by atoms with Gasteiger partial charge in [0.05, 0.1) is 0 Å². The molecule has 0 aliphatic heterocycles. The molecule has 0 aliphatic carbocycles. The molecule has 0 fully saturated rings. The lowest BCUT2D eigenvalue weighted by atomic mass is 10.1. The van der Waals surface area contributed by atoms with E-state index in [1.165, 1.54) is 40.3 Å². The Morgan fingerprint density at radius 3 is 1.81 bits per heavy atom. The van der Waals surface area contributed by atoms with E-state index in [0.717, 1.165) is 11.4 Å². The Morgan fingerprint density at radius 2 is 1.00 bits per heavy atom. The van der Waals surface area contributed by atoms with Crippen LogP contribution in [0.1, 0.15) is 0 Å². The summed E-state index contributed by atoms with van der Waals surface area (Å²) in [7, 11) is 0. The average molecular weight is 382 g/mol. The number of rotatable bonds is 2. The second-order valence-electron chi connectivity index (χ2n) is 6.74. The summed E-state index contributed by atoms with van der Waals surface area (Å²) in [6.07, 6.45) is 0. The van der Waals surface area contributed by atoms with Crippen molar-refractivity contribution in [2.45, 2.75) is 0 Å². The van der Waals surface area contributed by atoms with Crippen LogP contribution in [0, 0.1) is 0 Å². The zero-order valence-electron chi connectivity index (χ0n) is 14.4. The van der Waals surface area contributed by atoms with Crippen LogP contribution in [0.15, 0.2) is 84.9 Å². The first-order chi connectivity index (χ1) is 13.3. The van der Waals surface area contributed by atoms with E-state index in [1.807, 2.05) is 22.7 Å². The number of thiophene rings is 2. The maximum absolute atomic E-state index is 3.60. The Balaban J connectivity index is 1.44. The van der Waals surface area contributed by atoms with Crippen LogP contribution in [-0.2, 0) is 0 Å². The summed E-state index contributed by atoms with van der Waals surface area (Å²) >= 11 is 3.71. The molecular weight excluding hydrogens is 366 g/mol. The van der Waals surface area contributed by atoms with Crippen LogP contribution in [0.25, 0.3) is 40.3 Å². The first kappa shape index (κ1) is 15.2. The maximum Gasteiger partial charge on any atom is 0.0398 e. The molecule has 0 bridgehead atoms. The molecule has 6 aromatic rings. The van der Waals surface area contributed by atoms with Crippen molar-refractivity contribution in [1.29, 1.82) is 0 Å². The summed E-state index contributed by atoms with van der Waals surface area (Å²) < 4.78 is 5.34. The van der Waals surface area contributed by atoms with Crippen LogP contribution in [-0.4, -0.2) is 0 Å². The van der Waals surface area contributed by atoms with Gasteiger partial charge in [-0.1, -0.05) is 42.5 Å². The lowest BCUT2D eigenvalue weighted by molar-refractivity contribution is 1.61. The molecule has 2 heterocycles. The van der Waals surface area contributed by atoms with Gasteiger partial charge in [-0.2, -0.15) is 0 Å². The predicted octanol–water partition coefficient (Wildman–Crippen LogP) is 8.17. The minimum Gasteiger partial charge on any atom is -0.355 e. The Labute approximate surface area is 164 Å². The van der Waals surface area contributed by atoms with E-state index in [0.29, 0.717) is 0 Å². The van der Waals surface area contributed by atoms with Crippen LogP contribution < -0.4 is 5.32 Å². The Kier molecular flexibility index (Phi) is 3.27. The lowest BCUT2D eigenvalue weighted by Gasteiger charge is -2.07. The summed E-state index contributed by atoms with van der Waals surface area (Å²) in [6.45, 7) is 0. The molecule has 1 N–H and O–H groups in total. The highest BCUT2D eigenvalue weighted by Gasteiger charge is 2.07. The Morgan fingerprint density at radius 1 is 0.444 bits per heavy atom. The molecule has 3 heteroatoms. The van der Waals surface area contributed by atoms with Gasteiger partial charge in [0.2, 0.25) is 0 Å². The van der Waals surface area contributed by atoms with E-state index in [2.05, 4.69) is 90.2 Å². The minimum atomic E-state index is 1.13. The smallest absolute Gasteiger partial charge is 0.0398 e. The van der Waals surface area contributed by atoms with Gasteiger partial charge in [0.15, 0.2) is 0 Å². The van der Waals surface area contributed by atoms with Gasteiger partial charge in [-0.3, -0.25) is 0 Å². The third-order valence-corrected chi connectivity index (χ3v) is 7.33. The fourth-order valence-electron chi connectivity index (χ4n) is 3.77. The van der Waals surface area contributed by atoms with Crippen molar-refractivity contribution in [2.24, 2.45) is 0 Å². The Bertz CT molecular complexity index is 1460. The summed E-state index contributed by atoms with van der Waals surface area (Å²) in [5, 5.41) is 8.93. The van der Waals surface area contributed by atoms with Crippen molar-refractivity contribution in [2.75, 3.05) is 5.32 Å². The first-order valence-electron chi connectivity index (χ1n) is 8.95. The summed E-state index contributed by atoms with van der Waals surface area (Å²) in [4.78, 5) is 0. The van der Waals surface area contributed by atoms with Crippen LogP contribution in [0.5, 0.6) is 0 Å². The highest BCUT2D eigenvalue weighted by atomic mass is 32.1. The Hall–Kier alpha value is -2.88. The van der Waals surface area contributed by atoms with E-state index < -0.39 is 0 Å². The van der Waals surface area contributed by atoms with Crippen molar-refractivity contribution in [3.8, 4) is 0 Å². The molecule has 128 valence electrons. The third-order valence-electron chi connectivity index (χ3n) is 5.04. The van der Waals surface area contributed by atoms with Crippen LogP contribution >= 0.6 is 22.7 Å². The fraction of sp³-hybridized carbons (Fsp3) is 0. The molecule has 0 spiro atoms. The second-order valence-corrected chi connectivity index (χ2v) is 8.91. The van der Waals surface area contributed by atoms with Gasteiger partial charge in [-0.05, 0) is 42.5 Å². The van der Waals surface area contributed by atoms with Gasteiger partial charge in [0.25, 0.3) is 0 Å². The third kappa shape index (κ3) is 2.43. The summed E-state index contributed by atoms with van der Waals surface area (Å²) in [5.74, 6) is 0. The van der Waals surface area contributed by atoms with Gasteiger partial charge in [-0.25, -0.2) is 0 Å². The first-order valence-corrected chi connectivity index (χ1v) is 10.6. The average Bonchev–Trinajstić information content (AvgIpc) is 3.25. The molecule has 0 unspecified atom stereocenters.